The Bertz CT molecular complexity index is 1520. The third kappa shape index (κ3) is 4.36. The molecule has 3 aliphatic rings. The summed E-state index contributed by atoms with van der Waals surface area (Å²) >= 11 is 0. The lowest BCUT2D eigenvalue weighted by Gasteiger charge is -2.44. The van der Waals surface area contributed by atoms with Gasteiger partial charge in [-0.15, -0.1) is 0 Å². The summed E-state index contributed by atoms with van der Waals surface area (Å²) in [6.45, 7) is 5.13. The van der Waals surface area contributed by atoms with Gasteiger partial charge in [0, 0.05) is 36.1 Å². The molecule has 0 N–H and O–H groups in total. The Balaban J connectivity index is 1.37. The van der Waals surface area contributed by atoms with Crippen LogP contribution >= 0.6 is 0 Å². The summed E-state index contributed by atoms with van der Waals surface area (Å²) < 4.78 is 28.7. The zero-order valence-electron chi connectivity index (χ0n) is 20.7. The number of nitrogens with zero attached hydrogens (tertiary/aromatic N) is 7. The van der Waals surface area contributed by atoms with E-state index < -0.39 is 0 Å². The van der Waals surface area contributed by atoms with Crippen molar-refractivity contribution >= 4 is 11.2 Å². The number of imidazole rings is 1. The molecule has 0 aliphatic carbocycles. The molecule has 0 amide bonds. The summed E-state index contributed by atoms with van der Waals surface area (Å²) in [7, 11) is 1.50. The minimum absolute atomic E-state index is 0.101. The zero-order valence-corrected chi connectivity index (χ0v) is 20.7. The third-order valence-corrected chi connectivity index (χ3v) is 7.29. The minimum Gasteiger partial charge on any atom is -0.489 e. The van der Waals surface area contributed by atoms with Gasteiger partial charge in [0.2, 0.25) is 0 Å². The van der Waals surface area contributed by atoms with Crippen LogP contribution in [0.1, 0.15) is 29.7 Å². The molecule has 9 nitrogen and oxygen atoms in total. The number of hydrogen-bond acceptors (Lipinski definition) is 8. The van der Waals surface area contributed by atoms with Gasteiger partial charge in [-0.25, -0.2) is 9.37 Å². The number of piperidine rings is 3. The number of hydrogen-bond donors (Lipinski definition) is 0. The van der Waals surface area contributed by atoms with Gasteiger partial charge in [0.1, 0.15) is 35.1 Å². The summed E-state index contributed by atoms with van der Waals surface area (Å²) in [5, 5.41) is 9.36. The molecule has 3 aromatic heterocycles. The number of pyridine rings is 1. The SMILES string of the molecule is COc1nc(C)c2nc(-c3cncc(C#N)c3)n(Cc3ccc(O[C@@H]4CN5CCC4CC5)cc3F)c2n1. The number of nitriles is 1. The van der Waals surface area contributed by atoms with Crippen LogP contribution in [0.2, 0.25) is 0 Å². The molecule has 0 spiro atoms. The molecule has 3 aliphatic heterocycles. The molecule has 1 atom stereocenters. The second-order valence-corrected chi connectivity index (χ2v) is 9.61. The van der Waals surface area contributed by atoms with Gasteiger partial charge < -0.3 is 14.0 Å². The fourth-order valence-electron chi connectivity index (χ4n) is 5.32. The van der Waals surface area contributed by atoms with Crippen LogP contribution < -0.4 is 9.47 Å². The van der Waals surface area contributed by atoms with Crippen molar-refractivity contribution in [2.75, 3.05) is 26.7 Å². The zero-order chi connectivity index (χ0) is 25.5. The molecule has 7 rings (SSSR count). The lowest BCUT2D eigenvalue weighted by molar-refractivity contribution is -0.00789. The van der Waals surface area contributed by atoms with E-state index in [1.165, 1.54) is 19.4 Å². The molecule has 1 aromatic carbocycles. The lowest BCUT2D eigenvalue weighted by Crippen LogP contribution is -2.52. The standard InChI is InChI=1S/C27H26FN7O2/c1-16-24-26(33-27(31-16)36-2)35(25(32-24)20-9-17(11-29)12-30-13-20)14-19-3-4-21(10-22(19)28)37-23-15-34-7-5-18(23)6-8-34/h3-4,9-10,12-13,18,23H,5-8,14-15H2,1-2H3/t23-/m1/s1. The molecule has 6 heterocycles. The molecule has 4 aromatic rings. The minimum atomic E-state index is -0.367. The van der Waals surface area contributed by atoms with E-state index in [-0.39, 0.29) is 24.5 Å². The number of aromatic nitrogens is 5. The van der Waals surface area contributed by atoms with Gasteiger partial charge in [-0.2, -0.15) is 15.2 Å². The van der Waals surface area contributed by atoms with Crippen molar-refractivity contribution in [3.63, 3.8) is 0 Å². The Morgan fingerprint density at radius 2 is 1.97 bits per heavy atom. The van der Waals surface area contributed by atoms with Gasteiger partial charge in [0.05, 0.1) is 24.9 Å². The number of rotatable bonds is 6. The Hall–Kier alpha value is -4.10. The fraction of sp³-hybridized carbons (Fsp3) is 0.370. The molecule has 2 bridgehead atoms. The van der Waals surface area contributed by atoms with Gasteiger partial charge in [-0.3, -0.25) is 9.88 Å². The molecule has 10 heteroatoms. The van der Waals surface area contributed by atoms with Crippen LogP contribution in [-0.4, -0.2) is 62.3 Å². The van der Waals surface area contributed by atoms with Gasteiger partial charge in [-0.1, -0.05) is 6.07 Å². The Kier molecular flexibility index (Phi) is 5.93. The summed E-state index contributed by atoms with van der Waals surface area (Å²) in [6, 6.07) is 9.04. The number of aryl methyl sites for hydroxylation is 1. The summed E-state index contributed by atoms with van der Waals surface area (Å²) in [5.74, 6) is 1.22. The molecule has 0 unspecified atom stereocenters. The first-order valence-corrected chi connectivity index (χ1v) is 12.3. The van der Waals surface area contributed by atoms with Crippen molar-refractivity contribution < 1.29 is 13.9 Å². The van der Waals surface area contributed by atoms with E-state index in [9.17, 15) is 5.26 Å². The average Bonchev–Trinajstić information content (AvgIpc) is 3.29. The van der Waals surface area contributed by atoms with Crippen LogP contribution in [0, 0.1) is 30.0 Å². The Morgan fingerprint density at radius 1 is 1.14 bits per heavy atom. The summed E-state index contributed by atoms with van der Waals surface area (Å²) in [6.07, 6.45) is 5.48. The van der Waals surface area contributed by atoms with Crippen molar-refractivity contribution in [1.82, 2.24) is 29.4 Å². The normalized spacial score (nSPS) is 20.6. The summed E-state index contributed by atoms with van der Waals surface area (Å²) in [4.78, 5) is 20.2. The van der Waals surface area contributed by atoms with Crippen LogP contribution in [0.25, 0.3) is 22.6 Å². The van der Waals surface area contributed by atoms with Crippen molar-refractivity contribution in [3.8, 4) is 29.2 Å². The van der Waals surface area contributed by atoms with Gasteiger partial charge >= 0.3 is 6.01 Å². The monoisotopic (exact) mass is 499 g/mol. The van der Waals surface area contributed by atoms with Crippen molar-refractivity contribution in [2.45, 2.75) is 32.4 Å². The number of ether oxygens (including phenoxy) is 2. The highest BCUT2D eigenvalue weighted by Gasteiger charge is 2.35. The number of halogens is 1. The molecule has 3 fully saturated rings. The highest BCUT2D eigenvalue weighted by molar-refractivity contribution is 5.79. The predicted molar refractivity (Wildman–Crippen MR) is 134 cm³/mol. The van der Waals surface area contributed by atoms with E-state index in [4.69, 9.17) is 14.5 Å². The molecular formula is C27H26FN7O2. The number of methoxy groups -OCH3 is 1. The van der Waals surface area contributed by atoms with E-state index in [1.807, 2.05) is 13.0 Å². The van der Waals surface area contributed by atoms with E-state index in [2.05, 4.69) is 25.9 Å². The first-order chi connectivity index (χ1) is 18.0. The lowest BCUT2D eigenvalue weighted by atomic mass is 9.86. The molecule has 0 radical (unpaired) electrons. The quantitative estimate of drug-likeness (QED) is 0.395. The molecule has 0 saturated carbocycles. The smallest absolute Gasteiger partial charge is 0.318 e. The maximum Gasteiger partial charge on any atom is 0.318 e. The maximum atomic E-state index is 15.4. The van der Waals surface area contributed by atoms with E-state index in [0.29, 0.717) is 51.0 Å². The van der Waals surface area contributed by atoms with Crippen molar-refractivity contribution in [1.29, 1.82) is 5.26 Å². The largest absolute Gasteiger partial charge is 0.489 e. The van der Waals surface area contributed by atoms with Gasteiger partial charge in [0.15, 0.2) is 5.65 Å². The topological polar surface area (TPSA) is 102 Å². The molecule has 3 saturated heterocycles. The molecular weight excluding hydrogens is 473 g/mol. The van der Waals surface area contributed by atoms with Crippen LogP contribution in [0.3, 0.4) is 0 Å². The first-order valence-electron chi connectivity index (χ1n) is 12.3. The average molecular weight is 500 g/mol. The number of fused-ring (bicyclic) bond motifs is 4. The first kappa shape index (κ1) is 23.3. The van der Waals surface area contributed by atoms with Crippen molar-refractivity contribution in [3.05, 3.63) is 59.3 Å². The second-order valence-electron chi connectivity index (χ2n) is 9.61. The fourth-order valence-corrected chi connectivity index (χ4v) is 5.32. The van der Waals surface area contributed by atoms with Crippen molar-refractivity contribution in [2.24, 2.45) is 5.92 Å². The molecule has 188 valence electrons. The number of benzene rings is 1. The van der Waals surface area contributed by atoms with E-state index in [1.54, 1.807) is 22.9 Å². The van der Waals surface area contributed by atoms with Gasteiger partial charge in [0.25, 0.3) is 0 Å². The highest BCUT2D eigenvalue weighted by Crippen LogP contribution is 2.32. The van der Waals surface area contributed by atoms with Crippen LogP contribution in [0.4, 0.5) is 4.39 Å². The van der Waals surface area contributed by atoms with E-state index >= 15 is 4.39 Å². The van der Waals surface area contributed by atoms with Crippen LogP contribution in [0.5, 0.6) is 11.8 Å². The summed E-state index contributed by atoms with van der Waals surface area (Å²) in [5.41, 5.74) is 3.19. The highest BCUT2D eigenvalue weighted by atomic mass is 19.1. The molecule has 37 heavy (non-hydrogen) atoms. The predicted octanol–water partition coefficient (Wildman–Crippen LogP) is 3.74. The Labute approximate surface area is 213 Å². The Morgan fingerprint density at radius 3 is 2.68 bits per heavy atom. The van der Waals surface area contributed by atoms with Crippen LogP contribution in [-0.2, 0) is 6.54 Å². The van der Waals surface area contributed by atoms with Gasteiger partial charge in [-0.05, 0) is 50.9 Å². The third-order valence-electron chi connectivity index (χ3n) is 7.29. The van der Waals surface area contributed by atoms with Crippen LogP contribution in [0.15, 0.2) is 36.7 Å². The van der Waals surface area contributed by atoms with E-state index in [0.717, 1.165) is 32.5 Å². The second kappa shape index (κ2) is 9.41. The maximum absolute atomic E-state index is 15.4.